The number of barbiturate groups is 1. The summed E-state index contributed by atoms with van der Waals surface area (Å²) < 4.78 is 11.3. The molecule has 1 fully saturated rings. The minimum absolute atomic E-state index is 0.0381. The van der Waals surface area contributed by atoms with Crippen LogP contribution in [-0.4, -0.2) is 42.1 Å². The lowest BCUT2D eigenvalue weighted by molar-refractivity contribution is -0.122. The molecule has 4 rings (SSSR count). The average molecular weight is 516 g/mol. The van der Waals surface area contributed by atoms with Crippen molar-refractivity contribution in [2.75, 3.05) is 23.4 Å². The molecule has 0 aromatic heterocycles. The summed E-state index contributed by atoms with van der Waals surface area (Å²) in [4.78, 5) is 51.1. The van der Waals surface area contributed by atoms with Crippen molar-refractivity contribution >= 4 is 41.2 Å². The molecule has 5 amide bonds. The summed E-state index contributed by atoms with van der Waals surface area (Å²) in [6.07, 6.45) is 1.33. The van der Waals surface area contributed by atoms with Crippen LogP contribution in [0.3, 0.4) is 0 Å². The van der Waals surface area contributed by atoms with Crippen molar-refractivity contribution in [3.8, 4) is 17.2 Å². The second kappa shape index (κ2) is 11.3. The molecular formula is C28H25N3O7. The Kier molecular flexibility index (Phi) is 7.72. The SMILES string of the molecule is CCOc1cc(/C=C2/C(=O)NC(=O)N(c3ccc(O)cc3)C2=O)ccc1OCC(=O)Nc1ccccc1C. The van der Waals surface area contributed by atoms with Crippen molar-refractivity contribution in [3.63, 3.8) is 0 Å². The summed E-state index contributed by atoms with van der Waals surface area (Å²) >= 11 is 0. The molecule has 3 aromatic rings. The molecule has 0 unspecified atom stereocenters. The van der Waals surface area contributed by atoms with E-state index in [1.165, 1.54) is 30.3 Å². The molecule has 1 aliphatic heterocycles. The number of urea groups is 1. The van der Waals surface area contributed by atoms with E-state index < -0.39 is 17.8 Å². The van der Waals surface area contributed by atoms with E-state index in [1.54, 1.807) is 31.2 Å². The number of aromatic hydroxyl groups is 1. The topological polar surface area (TPSA) is 134 Å². The summed E-state index contributed by atoms with van der Waals surface area (Å²) in [7, 11) is 0. The average Bonchev–Trinajstić information content (AvgIpc) is 2.88. The van der Waals surface area contributed by atoms with Crippen LogP contribution in [0.15, 0.2) is 72.3 Å². The molecule has 38 heavy (non-hydrogen) atoms. The Morgan fingerprint density at radius 1 is 1.00 bits per heavy atom. The van der Waals surface area contributed by atoms with Gasteiger partial charge in [-0.1, -0.05) is 24.3 Å². The van der Waals surface area contributed by atoms with Crippen molar-refractivity contribution in [3.05, 3.63) is 83.4 Å². The number of aryl methyl sites for hydroxylation is 1. The normalized spacial score (nSPS) is 14.3. The van der Waals surface area contributed by atoms with Gasteiger partial charge in [-0.05, 0) is 73.5 Å². The molecule has 0 atom stereocenters. The van der Waals surface area contributed by atoms with Gasteiger partial charge >= 0.3 is 6.03 Å². The Hall–Kier alpha value is -5.12. The van der Waals surface area contributed by atoms with Gasteiger partial charge in [0.2, 0.25) is 0 Å². The highest BCUT2D eigenvalue weighted by Gasteiger charge is 2.36. The lowest BCUT2D eigenvalue weighted by atomic mass is 10.1. The van der Waals surface area contributed by atoms with Crippen LogP contribution in [0.2, 0.25) is 0 Å². The fourth-order valence-electron chi connectivity index (χ4n) is 3.71. The number of rotatable bonds is 8. The number of hydrogen-bond acceptors (Lipinski definition) is 7. The largest absolute Gasteiger partial charge is 0.508 e. The number of carbonyl (C=O) groups excluding carboxylic acids is 4. The van der Waals surface area contributed by atoms with Gasteiger partial charge in [-0.15, -0.1) is 0 Å². The Morgan fingerprint density at radius 3 is 2.45 bits per heavy atom. The summed E-state index contributed by atoms with van der Waals surface area (Å²) in [5, 5.41) is 14.4. The lowest BCUT2D eigenvalue weighted by Crippen LogP contribution is -2.54. The molecule has 10 nitrogen and oxygen atoms in total. The molecule has 0 bridgehead atoms. The maximum atomic E-state index is 13.1. The van der Waals surface area contributed by atoms with Crippen molar-refractivity contribution in [1.29, 1.82) is 0 Å². The summed E-state index contributed by atoms with van der Waals surface area (Å²) in [5.74, 6) is -1.45. The third-order valence-corrected chi connectivity index (χ3v) is 5.57. The number of ether oxygens (including phenoxy) is 2. The molecule has 1 heterocycles. The first-order valence-corrected chi connectivity index (χ1v) is 11.7. The first-order chi connectivity index (χ1) is 18.3. The van der Waals surface area contributed by atoms with E-state index in [-0.39, 0.29) is 29.5 Å². The molecule has 194 valence electrons. The second-order valence-electron chi connectivity index (χ2n) is 8.27. The molecule has 10 heteroatoms. The highest BCUT2D eigenvalue weighted by atomic mass is 16.5. The van der Waals surface area contributed by atoms with Crippen molar-refractivity contribution < 1.29 is 33.8 Å². The van der Waals surface area contributed by atoms with Gasteiger partial charge in [0.05, 0.1) is 12.3 Å². The maximum absolute atomic E-state index is 13.1. The van der Waals surface area contributed by atoms with Crippen molar-refractivity contribution in [2.45, 2.75) is 13.8 Å². The number of phenolic OH excluding ortho intramolecular Hbond substituents is 1. The van der Waals surface area contributed by atoms with E-state index in [4.69, 9.17) is 9.47 Å². The first-order valence-electron chi connectivity index (χ1n) is 11.7. The quantitative estimate of drug-likeness (QED) is 0.307. The molecule has 3 aromatic carbocycles. The zero-order valence-corrected chi connectivity index (χ0v) is 20.7. The predicted octanol–water partition coefficient (Wildman–Crippen LogP) is 3.78. The highest BCUT2D eigenvalue weighted by Crippen LogP contribution is 2.30. The maximum Gasteiger partial charge on any atom is 0.335 e. The fourth-order valence-corrected chi connectivity index (χ4v) is 3.71. The minimum atomic E-state index is -0.898. The fraction of sp³-hybridized carbons (Fsp3) is 0.143. The van der Waals surface area contributed by atoms with Crippen LogP contribution >= 0.6 is 0 Å². The number of hydrogen-bond donors (Lipinski definition) is 3. The van der Waals surface area contributed by atoms with Gasteiger partial charge in [-0.25, -0.2) is 9.69 Å². The lowest BCUT2D eigenvalue weighted by Gasteiger charge is -2.26. The third kappa shape index (κ3) is 5.81. The second-order valence-corrected chi connectivity index (χ2v) is 8.27. The number of phenols is 1. The van der Waals surface area contributed by atoms with Gasteiger partial charge in [0.1, 0.15) is 11.3 Å². The van der Waals surface area contributed by atoms with Gasteiger partial charge in [0.15, 0.2) is 18.1 Å². The number of amides is 5. The monoisotopic (exact) mass is 515 g/mol. The summed E-state index contributed by atoms with van der Waals surface area (Å²) in [5.41, 5.74) is 1.95. The number of benzene rings is 3. The Labute approximate surface area is 218 Å². The third-order valence-electron chi connectivity index (χ3n) is 5.57. The smallest absolute Gasteiger partial charge is 0.335 e. The zero-order chi connectivity index (χ0) is 27.2. The van der Waals surface area contributed by atoms with Crippen molar-refractivity contribution in [1.82, 2.24) is 5.32 Å². The van der Waals surface area contributed by atoms with Crippen LogP contribution < -0.4 is 25.0 Å². The zero-order valence-electron chi connectivity index (χ0n) is 20.7. The van der Waals surface area contributed by atoms with E-state index >= 15 is 0 Å². The molecule has 3 N–H and O–H groups in total. The van der Waals surface area contributed by atoms with Gasteiger partial charge in [0.25, 0.3) is 17.7 Å². The number of imide groups is 2. The van der Waals surface area contributed by atoms with Gasteiger partial charge in [-0.3, -0.25) is 19.7 Å². The van der Waals surface area contributed by atoms with E-state index in [1.807, 2.05) is 25.1 Å². The highest BCUT2D eigenvalue weighted by molar-refractivity contribution is 6.39. The molecule has 0 radical (unpaired) electrons. The standard InChI is InChI=1S/C28H25N3O7/c1-3-37-24-15-18(8-13-23(24)38-16-25(33)29-22-7-5-4-6-17(22)2)14-21-26(34)30-28(36)31(27(21)35)19-9-11-20(32)12-10-19/h4-15,32H,3,16H2,1-2H3,(H,29,33)(H,30,34,36)/b21-14-. The van der Waals surface area contributed by atoms with E-state index in [9.17, 15) is 24.3 Å². The van der Waals surface area contributed by atoms with Crippen LogP contribution in [0.4, 0.5) is 16.2 Å². The number of nitrogens with one attached hydrogen (secondary N) is 2. The molecule has 0 aliphatic carbocycles. The number of anilines is 2. The van der Waals surface area contributed by atoms with E-state index in [0.717, 1.165) is 10.5 Å². The Balaban J connectivity index is 1.53. The van der Waals surface area contributed by atoms with Crippen LogP contribution in [0.25, 0.3) is 6.08 Å². The van der Waals surface area contributed by atoms with Crippen molar-refractivity contribution in [2.24, 2.45) is 0 Å². The predicted molar refractivity (Wildman–Crippen MR) is 140 cm³/mol. The number of carbonyl (C=O) groups is 4. The molecule has 0 spiro atoms. The van der Waals surface area contributed by atoms with Crippen LogP contribution in [0, 0.1) is 6.92 Å². The number of nitrogens with zero attached hydrogens (tertiary/aromatic N) is 1. The summed E-state index contributed by atoms with van der Waals surface area (Å²) in [6, 6.07) is 16.6. The van der Waals surface area contributed by atoms with Crippen LogP contribution in [0.5, 0.6) is 17.2 Å². The molecule has 0 saturated carbocycles. The molecular weight excluding hydrogens is 490 g/mol. The van der Waals surface area contributed by atoms with Gasteiger partial charge in [-0.2, -0.15) is 0 Å². The van der Waals surface area contributed by atoms with Crippen LogP contribution in [0.1, 0.15) is 18.1 Å². The minimum Gasteiger partial charge on any atom is -0.508 e. The van der Waals surface area contributed by atoms with E-state index in [2.05, 4.69) is 10.6 Å². The van der Waals surface area contributed by atoms with E-state index in [0.29, 0.717) is 29.4 Å². The molecule has 1 saturated heterocycles. The van der Waals surface area contributed by atoms with Crippen LogP contribution in [-0.2, 0) is 14.4 Å². The van der Waals surface area contributed by atoms with Gasteiger partial charge < -0.3 is 19.9 Å². The first kappa shape index (κ1) is 26.0. The van der Waals surface area contributed by atoms with Gasteiger partial charge in [0, 0.05) is 5.69 Å². The Morgan fingerprint density at radius 2 is 1.74 bits per heavy atom. The Bertz CT molecular complexity index is 1430. The molecule has 1 aliphatic rings. The summed E-state index contributed by atoms with van der Waals surface area (Å²) in [6.45, 7) is 3.70. The number of para-hydroxylation sites is 1.